The van der Waals surface area contributed by atoms with Gasteiger partial charge in [0.2, 0.25) is 0 Å². The van der Waals surface area contributed by atoms with Gasteiger partial charge in [0, 0.05) is 19.3 Å². The Kier molecular flexibility index (Phi) is 30.8. The van der Waals surface area contributed by atoms with Crippen molar-refractivity contribution in [3.8, 4) is 0 Å². The van der Waals surface area contributed by atoms with Crippen molar-refractivity contribution in [1.82, 2.24) is 0 Å². The van der Waals surface area contributed by atoms with Crippen molar-refractivity contribution < 1.29 is 38.2 Å². The van der Waals surface area contributed by atoms with E-state index in [0.29, 0.717) is 19.3 Å². The summed E-state index contributed by atoms with van der Waals surface area (Å²) >= 11 is 0. The number of hydrogen-bond acceptors (Lipinski definition) is 6. The van der Waals surface area contributed by atoms with Crippen molar-refractivity contribution in [2.45, 2.75) is 135 Å². The zero-order chi connectivity index (χ0) is 37.1. The van der Waals surface area contributed by atoms with Crippen LogP contribution in [0.25, 0.3) is 0 Å². The first kappa shape index (κ1) is 46.8. The van der Waals surface area contributed by atoms with Crippen LogP contribution >= 0.6 is 0 Å². The molecule has 0 bridgehead atoms. The van der Waals surface area contributed by atoms with Gasteiger partial charge in [-0.05, 0) is 51.4 Å². The van der Waals surface area contributed by atoms with Crippen molar-refractivity contribution >= 4 is 17.9 Å². The molecule has 1 N–H and O–H groups in total. The molecule has 0 amide bonds. The molecule has 0 fully saturated rings. The molecular weight excluding hydrogens is 630 g/mol. The Hall–Kier alpha value is -3.23. The Bertz CT molecular complexity index is 1050. The molecule has 0 aromatic carbocycles. The zero-order valence-corrected chi connectivity index (χ0v) is 32.1. The third-order valence-electron chi connectivity index (χ3n) is 7.95. The molecule has 8 nitrogen and oxygen atoms in total. The Labute approximate surface area is 304 Å². The van der Waals surface area contributed by atoms with Crippen molar-refractivity contribution in [2.24, 2.45) is 0 Å². The molecule has 0 aromatic rings. The first-order valence-electron chi connectivity index (χ1n) is 19.0. The molecule has 0 aliphatic carbocycles. The summed E-state index contributed by atoms with van der Waals surface area (Å²) in [5.41, 5.74) is 0. The average molecular weight is 701 g/mol. The Morgan fingerprint density at radius 2 is 1.24 bits per heavy atom. The number of nitrogens with zero attached hydrogens (tertiary/aromatic N) is 1. The number of carboxylic acids is 1. The molecule has 0 aromatic heterocycles. The number of carbonyl (C=O) groups excluding carboxylic acids is 2. The highest BCUT2D eigenvalue weighted by Crippen LogP contribution is 2.11. The zero-order valence-electron chi connectivity index (χ0n) is 32.1. The van der Waals surface area contributed by atoms with Gasteiger partial charge in [-0.2, -0.15) is 0 Å². The number of hydrogen-bond donors (Lipinski definition) is 1. The van der Waals surface area contributed by atoms with Gasteiger partial charge in [0.05, 0.1) is 34.4 Å². The smallest absolute Gasteiger partial charge is 0.362 e. The van der Waals surface area contributed by atoms with Crippen LogP contribution < -0.4 is 0 Å². The number of carbonyl (C=O) groups is 3. The van der Waals surface area contributed by atoms with E-state index in [1.54, 1.807) is 0 Å². The van der Waals surface area contributed by atoms with Crippen LogP contribution in [0.5, 0.6) is 0 Å². The fraction of sp³-hybridized carbons (Fsp3) is 0.643. The number of quaternary nitrogens is 1. The van der Waals surface area contributed by atoms with Crippen molar-refractivity contribution in [3.63, 3.8) is 0 Å². The third-order valence-corrected chi connectivity index (χ3v) is 7.95. The Morgan fingerprint density at radius 1 is 0.640 bits per heavy atom. The molecule has 0 saturated heterocycles. The van der Waals surface area contributed by atoms with E-state index in [0.717, 1.165) is 38.5 Å². The number of aliphatic carboxylic acids is 1. The SMILES string of the molecule is CC/C=C/C=C/C=C/C=C/CCCCCC(=O)OC(COCCC(C(=O)O)[N+](C)(C)C)COC(=O)CC/C=C/C/C=C/CCCCCCCC. The second kappa shape index (κ2) is 32.9. The molecule has 50 heavy (non-hydrogen) atoms. The largest absolute Gasteiger partial charge is 0.477 e. The van der Waals surface area contributed by atoms with E-state index in [4.69, 9.17) is 14.2 Å². The van der Waals surface area contributed by atoms with Crippen LogP contribution in [0.15, 0.2) is 72.9 Å². The summed E-state index contributed by atoms with van der Waals surface area (Å²) in [6.07, 6.45) is 39.6. The number of unbranched alkanes of at least 4 members (excludes halogenated alkanes) is 9. The maximum Gasteiger partial charge on any atom is 0.362 e. The summed E-state index contributed by atoms with van der Waals surface area (Å²) in [5, 5.41) is 9.58. The fourth-order valence-electron chi connectivity index (χ4n) is 4.98. The fourth-order valence-corrected chi connectivity index (χ4v) is 4.98. The van der Waals surface area contributed by atoms with Crippen LogP contribution in [-0.2, 0) is 28.6 Å². The van der Waals surface area contributed by atoms with Gasteiger partial charge in [-0.1, -0.05) is 125 Å². The molecule has 0 rings (SSSR count). The van der Waals surface area contributed by atoms with Gasteiger partial charge in [0.1, 0.15) is 6.61 Å². The maximum atomic E-state index is 12.6. The molecule has 0 aliphatic heterocycles. The first-order valence-corrected chi connectivity index (χ1v) is 19.0. The van der Waals surface area contributed by atoms with E-state index < -0.39 is 18.1 Å². The van der Waals surface area contributed by atoms with E-state index in [1.165, 1.54) is 38.5 Å². The van der Waals surface area contributed by atoms with Gasteiger partial charge in [-0.15, -0.1) is 0 Å². The summed E-state index contributed by atoms with van der Waals surface area (Å²) < 4.78 is 17.1. The number of rotatable bonds is 32. The topological polar surface area (TPSA) is 99.1 Å². The monoisotopic (exact) mass is 701 g/mol. The predicted octanol–water partition coefficient (Wildman–Crippen LogP) is 9.63. The van der Waals surface area contributed by atoms with Crippen LogP contribution in [0, 0.1) is 0 Å². The van der Waals surface area contributed by atoms with Gasteiger partial charge in [-0.3, -0.25) is 9.59 Å². The minimum atomic E-state index is -0.893. The highest BCUT2D eigenvalue weighted by molar-refractivity contribution is 5.72. The van der Waals surface area contributed by atoms with Crippen molar-refractivity contribution in [3.05, 3.63) is 72.9 Å². The lowest BCUT2D eigenvalue weighted by Crippen LogP contribution is -2.50. The van der Waals surface area contributed by atoms with E-state index in [9.17, 15) is 19.5 Å². The van der Waals surface area contributed by atoms with E-state index in [-0.39, 0.29) is 49.1 Å². The molecule has 2 unspecified atom stereocenters. The summed E-state index contributed by atoms with van der Waals surface area (Å²) in [4.78, 5) is 36.7. The number of esters is 2. The van der Waals surface area contributed by atoms with Crippen LogP contribution in [0.2, 0.25) is 0 Å². The first-order chi connectivity index (χ1) is 24.1. The second-order valence-electron chi connectivity index (χ2n) is 13.5. The minimum Gasteiger partial charge on any atom is -0.477 e. The molecule has 8 heteroatoms. The molecule has 2 atom stereocenters. The summed E-state index contributed by atoms with van der Waals surface area (Å²) in [6.45, 7) is 4.44. The van der Waals surface area contributed by atoms with Crippen molar-refractivity contribution in [2.75, 3.05) is 41.0 Å². The van der Waals surface area contributed by atoms with Gasteiger partial charge in [0.15, 0.2) is 12.1 Å². The number of allylic oxidation sites excluding steroid dienone is 12. The number of ether oxygens (including phenoxy) is 3. The van der Waals surface area contributed by atoms with Crippen LogP contribution in [-0.4, -0.2) is 80.6 Å². The molecule has 0 aliphatic rings. The molecule has 0 radical (unpaired) electrons. The number of carboxylic acid groups (broad SMARTS) is 1. The average Bonchev–Trinajstić information content (AvgIpc) is 3.06. The van der Waals surface area contributed by atoms with Gasteiger partial charge in [0.25, 0.3) is 0 Å². The molecule has 0 spiro atoms. The summed E-state index contributed by atoms with van der Waals surface area (Å²) in [5.74, 6) is -1.62. The van der Waals surface area contributed by atoms with E-state index >= 15 is 0 Å². The molecular formula is C42H70NO7+. The van der Waals surface area contributed by atoms with Crippen LogP contribution in [0.1, 0.15) is 123 Å². The minimum absolute atomic E-state index is 0.0237. The second-order valence-corrected chi connectivity index (χ2v) is 13.5. The predicted molar refractivity (Wildman–Crippen MR) is 206 cm³/mol. The number of likely N-dealkylation sites (N-methyl/N-ethyl adjacent to an activating group) is 1. The highest BCUT2D eigenvalue weighted by Gasteiger charge is 2.31. The lowest BCUT2D eigenvalue weighted by atomic mass is 10.1. The molecule has 0 heterocycles. The maximum absolute atomic E-state index is 12.6. The standard InChI is InChI=1S/C42H69NO7/c1-6-8-10-12-14-16-18-20-22-24-26-28-30-32-40(44)49-37-38(36-48-35-34-39(42(46)47)43(3,4)5)50-41(45)33-31-29-27-25-23-21-19-17-15-13-11-9-7-2/h9,11,13,15,17,19-23,26,28,38-39H,6-8,10,12,14,16,18,24-25,27,29-37H2,1-5H3/p+1/b11-9+,15-13+,19-17+,22-20+,23-21+,28-26+. The third kappa shape index (κ3) is 30.8. The lowest BCUT2D eigenvalue weighted by molar-refractivity contribution is -0.887. The van der Waals surface area contributed by atoms with Gasteiger partial charge >= 0.3 is 17.9 Å². The summed E-state index contributed by atoms with van der Waals surface area (Å²) in [6, 6.07) is -0.631. The van der Waals surface area contributed by atoms with Gasteiger partial charge < -0.3 is 23.8 Å². The van der Waals surface area contributed by atoms with Crippen LogP contribution in [0.4, 0.5) is 0 Å². The Balaban J connectivity index is 4.60. The van der Waals surface area contributed by atoms with E-state index in [2.05, 4.69) is 44.2 Å². The normalized spacial score (nSPS) is 13.9. The molecule has 0 saturated carbocycles. The van der Waals surface area contributed by atoms with Crippen LogP contribution in [0.3, 0.4) is 0 Å². The summed E-state index contributed by atoms with van der Waals surface area (Å²) in [7, 11) is 5.47. The Morgan fingerprint density at radius 3 is 1.90 bits per heavy atom. The lowest BCUT2D eigenvalue weighted by Gasteiger charge is -2.31. The van der Waals surface area contributed by atoms with Crippen molar-refractivity contribution in [1.29, 1.82) is 0 Å². The molecule has 284 valence electrons. The quantitative estimate of drug-likeness (QED) is 0.0245. The highest BCUT2D eigenvalue weighted by atomic mass is 16.6. The van der Waals surface area contributed by atoms with Gasteiger partial charge in [-0.25, -0.2) is 4.79 Å². The van der Waals surface area contributed by atoms with E-state index in [1.807, 2.05) is 63.7 Å².